The van der Waals surface area contributed by atoms with Crippen molar-refractivity contribution in [3.8, 4) is 0 Å². The number of nitrogens with one attached hydrogen (secondary N) is 1. The van der Waals surface area contributed by atoms with Gasteiger partial charge in [-0.1, -0.05) is 0 Å². The smallest absolute Gasteiger partial charge is 0.188 e. The molecule has 0 unspecified atom stereocenters. The van der Waals surface area contributed by atoms with Crippen molar-refractivity contribution in [2.24, 2.45) is 10.7 Å². The largest absolute Gasteiger partial charge is 0.370 e. The standard InChI is InChI=1S/C15H22BrN5.HI/c1-10-7-11(16)8-21-9-12(19-13(10)21)5-6-18-14(17)20-15(2,3)4;/h7-9H,5-6H2,1-4H3,(H3,17,18,20);1H. The number of pyridine rings is 1. The van der Waals surface area contributed by atoms with Crippen molar-refractivity contribution in [1.29, 1.82) is 0 Å². The quantitative estimate of drug-likeness (QED) is 0.403. The Morgan fingerprint density at radius 3 is 2.73 bits per heavy atom. The second-order valence-corrected chi connectivity index (χ2v) is 7.11. The predicted octanol–water partition coefficient (Wildman–Crippen LogP) is 3.27. The molecule has 0 aliphatic carbocycles. The first-order valence-electron chi connectivity index (χ1n) is 6.96. The highest BCUT2D eigenvalue weighted by Crippen LogP contribution is 2.17. The molecule has 0 amide bonds. The number of aromatic nitrogens is 2. The molecule has 0 saturated carbocycles. The van der Waals surface area contributed by atoms with Gasteiger partial charge in [0, 0.05) is 35.4 Å². The molecule has 22 heavy (non-hydrogen) atoms. The van der Waals surface area contributed by atoms with E-state index < -0.39 is 0 Å². The summed E-state index contributed by atoms with van der Waals surface area (Å²) < 4.78 is 3.09. The molecule has 2 rings (SSSR count). The lowest BCUT2D eigenvalue weighted by molar-refractivity contribution is 0.508. The highest BCUT2D eigenvalue weighted by Gasteiger charge is 2.10. The summed E-state index contributed by atoms with van der Waals surface area (Å²) in [5.41, 5.74) is 8.93. The van der Waals surface area contributed by atoms with Crippen LogP contribution in [0.4, 0.5) is 0 Å². The molecule has 0 aliphatic rings. The molecular weight excluding hydrogens is 457 g/mol. The Bertz CT molecular complexity index is 672. The number of guanidine groups is 1. The zero-order valence-corrected chi connectivity index (χ0v) is 17.3. The maximum absolute atomic E-state index is 5.85. The Morgan fingerprint density at radius 1 is 1.41 bits per heavy atom. The van der Waals surface area contributed by atoms with Crippen LogP contribution in [0.25, 0.3) is 5.65 Å². The van der Waals surface area contributed by atoms with Crippen LogP contribution in [0.1, 0.15) is 32.0 Å². The lowest BCUT2D eigenvalue weighted by atomic mass is 10.1. The third kappa shape index (κ3) is 5.42. The second-order valence-electron chi connectivity index (χ2n) is 6.20. The van der Waals surface area contributed by atoms with Gasteiger partial charge in [-0.05, 0) is 55.3 Å². The summed E-state index contributed by atoms with van der Waals surface area (Å²) in [6.07, 6.45) is 4.82. The Morgan fingerprint density at radius 2 is 2.09 bits per heavy atom. The summed E-state index contributed by atoms with van der Waals surface area (Å²) in [5.74, 6) is 0.477. The fourth-order valence-electron chi connectivity index (χ4n) is 2.11. The first-order chi connectivity index (χ1) is 9.74. The summed E-state index contributed by atoms with van der Waals surface area (Å²) in [7, 11) is 0. The van der Waals surface area contributed by atoms with Gasteiger partial charge < -0.3 is 15.5 Å². The summed E-state index contributed by atoms with van der Waals surface area (Å²) in [4.78, 5) is 8.98. The topological polar surface area (TPSA) is 67.7 Å². The van der Waals surface area contributed by atoms with Gasteiger partial charge in [0.25, 0.3) is 0 Å². The van der Waals surface area contributed by atoms with Crippen LogP contribution in [-0.2, 0) is 6.42 Å². The maximum atomic E-state index is 5.85. The van der Waals surface area contributed by atoms with E-state index in [0.29, 0.717) is 12.5 Å². The molecule has 5 nitrogen and oxygen atoms in total. The van der Waals surface area contributed by atoms with Gasteiger partial charge in [-0.2, -0.15) is 0 Å². The zero-order chi connectivity index (χ0) is 15.6. The highest BCUT2D eigenvalue weighted by atomic mass is 127. The highest BCUT2D eigenvalue weighted by molar-refractivity contribution is 14.0. The van der Waals surface area contributed by atoms with E-state index in [9.17, 15) is 0 Å². The number of imidazole rings is 1. The van der Waals surface area contributed by atoms with Crippen molar-refractivity contribution in [2.75, 3.05) is 6.54 Å². The molecule has 0 radical (unpaired) electrons. The van der Waals surface area contributed by atoms with Crippen LogP contribution in [-0.4, -0.2) is 27.4 Å². The van der Waals surface area contributed by atoms with Crippen LogP contribution in [0, 0.1) is 6.92 Å². The number of hydrogen-bond acceptors (Lipinski definition) is 2. The maximum Gasteiger partial charge on any atom is 0.188 e. The Kier molecular flexibility index (Phi) is 6.66. The molecule has 122 valence electrons. The molecule has 0 aliphatic heterocycles. The average Bonchev–Trinajstić information content (AvgIpc) is 2.69. The van der Waals surface area contributed by atoms with Crippen LogP contribution in [0.3, 0.4) is 0 Å². The van der Waals surface area contributed by atoms with E-state index in [-0.39, 0.29) is 29.5 Å². The predicted molar refractivity (Wildman–Crippen MR) is 106 cm³/mol. The summed E-state index contributed by atoms with van der Waals surface area (Å²) in [6.45, 7) is 8.84. The summed E-state index contributed by atoms with van der Waals surface area (Å²) >= 11 is 3.50. The van der Waals surface area contributed by atoms with E-state index in [4.69, 9.17) is 5.73 Å². The lowest BCUT2D eigenvalue weighted by Gasteiger charge is -2.20. The average molecular weight is 480 g/mol. The van der Waals surface area contributed by atoms with Crippen LogP contribution < -0.4 is 11.1 Å². The van der Waals surface area contributed by atoms with Crippen molar-refractivity contribution in [2.45, 2.75) is 39.7 Å². The van der Waals surface area contributed by atoms with Gasteiger partial charge in [0.1, 0.15) is 5.65 Å². The summed E-state index contributed by atoms with van der Waals surface area (Å²) in [5, 5.41) is 3.14. The van der Waals surface area contributed by atoms with Crippen LogP contribution in [0.2, 0.25) is 0 Å². The molecule has 0 saturated heterocycles. The fraction of sp³-hybridized carbons (Fsp3) is 0.467. The molecule has 2 aromatic heterocycles. The molecule has 0 aromatic carbocycles. The number of aliphatic imine (C=N–C) groups is 1. The number of nitrogens with two attached hydrogens (primary N) is 1. The first kappa shape index (κ1) is 19.2. The van der Waals surface area contributed by atoms with Gasteiger partial charge in [-0.25, -0.2) is 4.98 Å². The van der Waals surface area contributed by atoms with Gasteiger partial charge in [0.2, 0.25) is 0 Å². The lowest BCUT2D eigenvalue weighted by Crippen LogP contribution is -2.45. The zero-order valence-electron chi connectivity index (χ0n) is 13.4. The molecule has 3 N–H and O–H groups in total. The molecule has 0 bridgehead atoms. The molecule has 2 heterocycles. The Balaban J connectivity index is 0.00000242. The van der Waals surface area contributed by atoms with Gasteiger partial charge in [0.15, 0.2) is 5.96 Å². The van der Waals surface area contributed by atoms with Crippen molar-refractivity contribution in [3.63, 3.8) is 0 Å². The number of fused-ring (bicyclic) bond motifs is 1. The number of hydrogen-bond donors (Lipinski definition) is 2. The molecule has 0 fully saturated rings. The molecular formula is C15H23BrIN5. The third-order valence-electron chi connectivity index (χ3n) is 2.90. The summed E-state index contributed by atoms with van der Waals surface area (Å²) in [6, 6.07) is 2.06. The van der Waals surface area contributed by atoms with Crippen molar-refractivity contribution >= 4 is 51.5 Å². The van der Waals surface area contributed by atoms with E-state index in [0.717, 1.165) is 27.8 Å². The van der Waals surface area contributed by atoms with Crippen LogP contribution >= 0.6 is 39.9 Å². The Labute approximate surface area is 156 Å². The van der Waals surface area contributed by atoms with Gasteiger partial charge in [-0.15, -0.1) is 24.0 Å². The van der Waals surface area contributed by atoms with Gasteiger partial charge >= 0.3 is 0 Å². The molecule has 2 aromatic rings. The minimum atomic E-state index is -0.0694. The minimum Gasteiger partial charge on any atom is -0.370 e. The van der Waals surface area contributed by atoms with E-state index in [2.05, 4.69) is 65.0 Å². The number of rotatable bonds is 3. The molecule has 7 heteroatoms. The van der Waals surface area contributed by atoms with Crippen molar-refractivity contribution in [1.82, 2.24) is 14.7 Å². The van der Waals surface area contributed by atoms with Gasteiger partial charge in [0.05, 0.1) is 5.69 Å². The van der Waals surface area contributed by atoms with E-state index in [1.54, 1.807) is 0 Å². The fourth-order valence-corrected chi connectivity index (χ4v) is 2.68. The number of aryl methyl sites for hydroxylation is 1. The second kappa shape index (κ2) is 7.63. The van der Waals surface area contributed by atoms with Crippen LogP contribution in [0.15, 0.2) is 27.9 Å². The molecule has 0 spiro atoms. The van der Waals surface area contributed by atoms with E-state index >= 15 is 0 Å². The molecule has 0 atom stereocenters. The van der Waals surface area contributed by atoms with Crippen LogP contribution in [0.5, 0.6) is 0 Å². The van der Waals surface area contributed by atoms with Crippen molar-refractivity contribution in [3.05, 3.63) is 34.2 Å². The third-order valence-corrected chi connectivity index (χ3v) is 3.34. The SMILES string of the molecule is Cc1cc(Br)cn2cc(CCN=C(N)NC(C)(C)C)nc12.I. The number of nitrogens with zero attached hydrogens (tertiary/aromatic N) is 3. The van der Waals surface area contributed by atoms with E-state index in [1.165, 1.54) is 0 Å². The minimum absolute atomic E-state index is 0. The van der Waals surface area contributed by atoms with Crippen molar-refractivity contribution < 1.29 is 0 Å². The number of halogens is 2. The monoisotopic (exact) mass is 479 g/mol. The Hall–Kier alpha value is -0.830. The first-order valence-corrected chi connectivity index (χ1v) is 7.76. The normalized spacial score (nSPS) is 12.3. The van der Waals surface area contributed by atoms with Gasteiger partial charge in [-0.3, -0.25) is 4.99 Å². The van der Waals surface area contributed by atoms with E-state index in [1.807, 2.05) is 16.8 Å².